The Kier molecular flexibility index (Phi) is 7.03. The second-order valence-corrected chi connectivity index (χ2v) is 10.8. The number of fused-ring (bicyclic) bond motifs is 2. The maximum absolute atomic E-state index is 13.6. The summed E-state index contributed by atoms with van der Waals surface area (Å²) in [5.41, 5.74) is 2.37. The van der Waals surface area contributed by atoms with Crippen LogP contribution in [-0.2, 0) is 17.8 Å². The highest BCUT2D eigenvalue weighted by Crippen LogP contribution is 2.33. The predicted octanol–water partition coefficient (Wildman–Crippen LogP) is 2.34. The van der Waals surface area contributed by atoms with Gasteiger partial charge in [-0.3, -0.25) is 14.6 Å². The molecular weight excluding hydrogens is 526 g/mol. The van der Waals surface area contributed by atoms with E-state index in [-0.39, 0.29) is 18.5 Å². The Morgan fingerprint density at radius 1 is 1.07 bits per heavy atom. The Hall–Kier alpha value is -4.00. The van der Waals surface area contributed by atoms with E-state index in [1.165, 1.54) is 5.56 Å². The molecule has 0 unspecified atom stereocenters. The van der Waals surface area contributed by atoms with Crippen LogP contribution in [0.4, 0.5) is 0 Å². The van der Waals surface area contributed by atoms with Gasteiger partial charge in [0.1, 0.15) is 11.8 Å². The minimum absolute atomic E-state index is 0.0683. The lowest BCUT2D eigenvalue weighted by Crippen LogP contribution is -2.48. The zero-order chi connectivity index (χ0) is 27.8. The van der Waals surface area contributed by atoms with E-state index >= 15 is 0 Å². The van der Waals surface area contributed by atoms with Crippen LogP contribution >= 0.6 is 0 Å². The summed E-state index contributed by atoms with van der Waals surface area (Å²) in [5, 5.41) is 13.8. The van der Waals surface area contributed by atoms with Gasteiger partial charge in [0.05, 0.1) is 25.3 Å². The largest absolute Gasteiger partial charge is 0.497 e. The summed E-state index contributed by atoms with van der Waals surface area (Å²) in [7, 11) is 1.61. The molecule has 5 heterocycles. The van der Waals surface area contributed by atoms with Gasteiger partial charge in [0.15, 0.2) is 17.3 Å². The Labute approximate surface area is 236 Å². The molecule has 1 N–H and O–H groups in total. The van der Waals surface area contributed by atoms with E-state index in [1.807, 2.05) is 35.0 Å². The molecule has 0 aliphatic carbocycles. The average molecular weight is 560 g/mol. The van der Waals surface area contributed by atoms with E-state index in [9.17, 15) is 4.79 Å². The van der Waals surface area contributed by atoms with E-state index in [4.69, 9.17) is 18.9 Å². The first-order chi connectivity index (χ1) is 20.1. The standard InChI is InChI=1S/C29H33N7O5/c1-38-21-6-5-20-14-23(29(37)30-24(20)15-21)27(28-31-32-33-36(28)17-22-3-2-12-39-22)35-10-8-34(9-11-35)16-19-4-7-25-26(13-19)41-18-40-25/h4-7,13-15,22,27H,2-3,8-12,16-18H2,1H3,(H,30,37)/t22-,27+/m1/s1. The molecule has 4 aromatic rings. The first-order valence-electron chi connectivity index (χ1n) is 14.1. The van der Waals surface area contributed by atoms with Crippen LogP contribution in [0.5, 0.6) is 17.2 Å². The number of piperazine rings is 1. The van der Waals surface area contributed by atoms with Crippen LogP contribution in [0.2, 0.25) is 0 Å². The lowest BCUT2D eigenvalue weighted by molar-refractivity contribution is 0.0840. The van der Waals surface area contributed by atoms with Gasteiger partial charge in [-0.25, -0.2) is 4.68 Å². The maximum Gasteiger partial charge on any atom is 0.253 e. The smallest absolute Gasteiger partial charge is 0.253 e. The fraction of sp³-hybridized carbons (Fsp3) is 0.448. The third-order valence-electron chi connectivity index (χ3n) is 8.20. The molecule has 2 atom stereocenters. The number of nitrogens with zero attached hydrogens (tertiary/aromatic N) is 6. The van der Waals surface area contributed by atoms with E-state index in [1.54, 1.807) is 7.11 Å². The van der Waals surface area contributed by atoms with E-state index < -0.39 is 6.04 Å². The van der Waals surface area contributed by atoms with Gasteiger partial charge in [0, 0.05) is 51.0 Å². The topological polar surface area (TPSA) is 120 Å². The number of ether oxygens (including phenoxy) is 4. The third kappa shape index (κ3) is 5.25. The van der Waals surface area contributed by atoms with Crippen molar-refractivity contribution in [1.82, 2.24) is 35.0 Å². The molecule has 0 spiro atoms. The quantitative estimate of drug-likeness (QED) is 0.344. The van der Waals surface area contributed by atoms with Crippen molar-refractivity contribution in [3.8, 4) is 17.2 Å². The van der Waals surface area contributed by atoms with Crippen LogP contribution < -0.4 is 19.8 Å². The van der Waals surface area contributed by atoms with E-state index in [0.29, 0.717) is 23.7 Å². The third-order valence-corrected chi connectivity index (χ3v) is 8.20. The molecule has 214 valence electrons. The molecule has 12 nitrogen and oxygen atoms in total. The molecule has 41 heavy (non-hydrogen) atoms. The van der Waals surface area contributed by atoms with Gasteiger partial charge in [0.25, 0.3) is 5.56 Å². The molecule has 0 saturated carbocycles. The number of hydrogen-bond donors (Lipinski definition) is 1. The molecule has 0 radical (unpaired) electrons. The molecule has 0 bridgehead atoms. The molecular formula is C29H33N7O5. The number of nitrogens with one attached hydrogen (secondary N) is 1. The second-order valence-electron chi connectivity index (χ2n) is 10.8. The van der Waals surface area contributed by atoms with Gasteiger partial charge >= 0.3 is 0 Å². The van der Waals surface area contributed by atoms with Crippen LogP contribution in [0.3, 0.4) is 0 Å². The summed E-state index contributed by atoms with van der Waals surface area (Å²) in [6.07, 6.45) is 2.07. The van der Waals surface area contributed by atoms with Gasteiger partial charge in [0.2, 0.25) is 6.79 Å². The molecule has 2 aromatic heterocycles. The molecule has 3 aliphatic heterocycles. The van der Waals surface area contributed by atoms with Crippen LogP contribution in [0.15, 0.2) is 47.3 Å². The number of aromatic amines is 1. The summed E-state index contributed by atoms with van der Waals surface area (Å²) in [4.78, 5) is 21.4. The summed E-state index contributed by atoms with van der Waals surface area (Å²) in [6, 6.07) is 13.4. The molecule has 0 amide bonds. The van der Waals surface area contributed by atoms with Crippen molar-refractivity contribution in [1.29, 1.82) is 0 Å². The summed E-state index contributed by atoms with van der Waals surface area (Å²) in [5.74, 6) is 2.94. The predicted molar refractivity (Wildman–Crippen MR) is 149 cm³/mol. The Bertz CT molecular complexity index is 1590. The summed E-state index contributed by atoms with van der Waals surface area (Å²) < 4.78 is 24.1. The van der Waals surface area contributed by atoms with Gasteiger partial charge in [-0.2, -0.15) is 0 Å². The average Bonchev–Trinajstić information content (AvgIpc) is 3.77. The van der Waals surface area contributed by atoms with E-state index in [2.05, 4.69) is 42.4 Å². The molecule has 7 rings (SSSR count). The second kappa shape index (κ2) is 11.1. The van der Waals surface area contributed by atoms with Gasteiger partial charge in [-0.1, -0.05) is 6.07 Å². The number of aromatic nitrogens is 5. The fourth-order valence-corrected chi connectivity index (χ4v) is 6.02. The molecule has 12 heteroatoms. The number of benzene rings is 2. The maximum atomic E-state index is 13.6. The van der Waals surface area contributed by atoms with Crippen molar-refractivity contribution < 1.29 is 18.9 Å². The highest BCUT2D eigenvalue weighted by molar-refractivity contribution is 5.80. The van der Waals surface area contributed by atoms with Crippen LogP contribution in [0.1, 0.15) is 35.8 Å². The molecule has 2 aromatic carbocycles. The number of methoxy groups -OCH3 is 1. The van der Waals surface area contributed by atoms with Gasteiger partial charge in [-0.15, -0.1) is 5.10 Å². The van der Waals surface area contributed by atoms with Gasteiger partial charge < -0.3 is 23.9 Å². The van der Waals surface area contributed by atoms with E-state index in [0.717, 1.165) is 74.6 Å². The van der Waals surface area contributed by atoms with Crippen molar-refractivity contribution in [3.63, 3.8) is 0 Å². The Morgan fingerprint density at radius 2 is 1.95 bits per heavy atom. The highest BCUT2D eigenvalue weighted by atomic mass is 16.7. The monoisotopic (exact) mass is 559 g/mol. The fourth-order valence-electron chi connectivity index (χ4n) is 6.02. The molecule has 3 aliphatic rings. The first kappa shape index (κ1) is 25.9. The molecule has 2 fully saturated rings. The SMILES string of the molecule is COc1ccc2cc([C@@H](c3nnnn3C[C@H]3CCCO3)N3CCN(Cc4ccc5c(c4)OCO5)CC3)c(=O)[nH]c2c1. The zero-order valence-electron chi connectivity index (χ0n) is 23.0. The van der Waals surface area contributed by atoms with Crippen molar-refractivity contribution in [2.24, 2.45) is 0 Å². The summed E-state index contributed by atoms with van der Waals surface area (Å²) >= 11 is 0. The lowest BCUT2D eigenvalue weighted by Gasteiger charge is -2.38. The number of tetrazole rings is 1. The Balaban J connectivity index is 1.17. The van der Waals surface area contributed by atoms with Crippen molar-refractivity contribution >= 4 is 10.9 Å². The van der Waals surface area contributed by atoms with Crippen molar-refractivity contribution in [3.05, 3.63) is 69.8 Å². The lowest BCUT2D eigenvalue weighted by atomic mass is 10.0. The summed E-state index contributed by atoms with van der Waals surface area (Å²) in [6.45, 7) is 5.57. The van der Waals surface area contributed by atoms with Crippen LogP contribution in [0, 0.1) is 0 Å². The highest BCUT2D eigenvalue weighted by Gasteiger charge is 2.33. The van der Waals surface area contributed by atoms with Crippen LogP contribution in [-0.4, -0.2) is 87.8 Å². The van der Waals surface area contributed by atoms with Crippen molar-refractivity contribution in [2.45, 2.75) is 38.1 Å². The number of hydrogen-bond acceptors (Lipinski definition) is 10. The molecule has 2 saturated heterocycles. The Morgan fingerprint density at radius 3 is 2.78 bits per heavy atom. The van der Waals surface area contributed by atoms with Gasteiger partial charge in [-0.05, 0) is 64.5 Å². The van der Waals surface area contributed by atoms with Crippen molar-refractivity contribution in [2.75, 3.05) is 46.7 Å². The number of rotatable bonds is 8. The first-order valence-corrected chi connectivity index (χ1v) is 14.1. The van der Waals surface area contributed by atoms with Crippen LogP contribution in [0.25, 0.3) is 10.9 Å². The minimum atomic E-state index is -0.408. The normalized spacial score (nSPS) is 20.1. The number of H-pyrrole nitrogens is 1. The number of pyridine rings is 1. The minimum Gasteiger partial charge on any atom is -0.497 e. The zero-order valence-corrected chi connectivity index (χ0v) is 23.0.